The highest BCUT2D eigenvalue weighted by Gasteiger charge is 2.29. The van der Waals surface area contributed by atoms with Crippen molar-refractivity contribution in [1.82, 2.24) is 41.4 Å². The van der Waals surface area contributed by atoms with Crippen molar-refractivity contribution in [2.75, 3.05) is 0 Å². The number of rotatable bonds is 8. The molecular weight excluding hydrogens is 831 g/mol. The van der Waals surface area contributed by atoms with Crippen molar-refractivity contribution in [2.24, 2.45) is 0 Å². The number of nitrogens with one attached hydrogen (secondary N) is 4. The van der Waals surface area contributed by atoms with Crippen molar-refractivity contribution in [2.45, 2.75) is 85.6 Å². The van der Waals surface area contributed by atoms with Gasteiger partial charge in [-0.05, 0) is 116 Å². The maximum Gasteiger partial charge on any atom is 0.408 e. The molecular formula is C46H48F2N8O8. The minimum atomic E-state index is -1.25. The van der Waals surface area contributed by atoms with E-state index < -0.39 is 64.9 Å². The summed E-state index contributed by atoms with van der Waals surface area (Å²) in [6, 6.07) is 16.3. The molecule has 64 heavy (non-hydrogen) atoms. The van der Waals surface area contributed by atoms with E-state index in [0.717, 1.165) is 6.07 Å². The molecule has 4 amide bonds. The van der Waals surface area contributed by atoms with Crippen LogP contribution in [0.2, 0.25) is 0 Å². The minimum absolute atomic E-state index is 0.0461. The minimum Gasteiger partial charge on any atom is -0.478 e. The van der Waals surface area contributed by atoms with Gasteiger partial charge in [0.1, 0.15) is 22.8 Å². The van der Waals surface area contributed by atoms with Gasteiger partial charge in [0.2, 0.25) is 5.91 Å². The number of hydrazine groups is 1. The van der Waals surface area contributed by atoms with Crippen molar-refractivity contribution >= 4 is 51.8 Å². The maximum absolute atomic E-state index is 14.2. The van der Waals surface area contributed by atoms with Crippen molar-refractivity contribution in [3.63, 3.8) is 0 Å². The predicted molar refractivity (Wildman–Crippen MR) is 234 cm³/mol. The van der Waals surface area contributed by atoms with Crippen LogP contribution in [0.3, 0.4) is 0 Å². The Bertz CT molecular complexity index is 2730. The van der Waals surface area contributed by atoms with Crippen LogP contribution in [-0.2, 0) is 14.3 Å². The second kappa shape index (κ2) is 19.6. The molecule has 0 aliphatic carbocycles. The third-order valence-corrected chi connectivity index (χ3v) is 8.87. The largest absolute Gasteiger partial charge is 0.478 e. The smallest absolute Gasteiger partial charge is 0.408 e. The number of fused-ring (bicyclic) bond motifs is 2. The van der Waals surface area contributed by atoms with Crippen molar-refractivity contribution < 1.29 is 47.3 Å². The summed E-state index contributed by atoms with van der Waals surface area (Å²) < 4.78 is 38.7. The summed E-state index contributed by atoms with van der Waals surface area (Å²) in [4.78, 5) is 79.4. The number of aromatic carboxylic acids is 1. The molecule has 4 aromatic heterocycles. The fourth-order valence-electron chi connectivity index (χ4n) is 6.45. The van der Waals surface area contributed by atoms with Crippen LogP contribution < -0.4 is 21.5 Å². The van der Waals surface area contributed by atoms with Crippen LogP contribution in [0.15, 0.2) is 85.2 Å². The molecule has 5 N–H and O–H groups in total. The van der Waals surface area contributed by atoms with Gasteiger partial charge in [-0.3, -0.25) is 30.4 Å². The fraction of sp³-hybridized carbons (Fsp3) is 0.283. The Labute approximate surface area is 367 Å². The van der Waals surface area contributed by atoms with Gasteiger partial charge in [-0.1, -0.05) is 12.1 Å². The Morgan fingerprint density at radius 1 is 0.625 bits per heavy atom. The summed E-state index contributed by atoms with van der Waals surface area (Å²) >= 11 is 0. The number of benzene rings is 2. The SMILES string of the molecule is CC(=O)NNC(=O)c1c(-c2ccccn2)c(C(C)NC(=O)OC(C)(C)C)nc2ccc(F)cc12.CC(NC(=O)OC(C)(C)C)c1nc2ccc(F)cc2c(C(=O)O)c1-c1ccccn1. The molecule has 2 atom stereocenters. The fourth-order valence-corrected chi connectivity index (χ4v) is 6.45. The molecule has 2 unspecified atom stereocenters. The number of halogens is 2. The van der Waals surface area contributed by atoms with E-state index >= 15 is 0 Å². The molecule has 0 saturated heterocycles. The lowest BCUT2D eigenvalue weighted by Gasteiger charge is -2.24. The summed E-state index contributed by atoms with van der Waals surface area (Å²) in [5.41, 5.74) is 5.51. The number of hydrogen-bond donors (Lipinski definition) is 5. The number of carboxylic acid groups (broad SMARTS) is 1. The molecule has 2 aromatic carbocycles. The normalized spacial score (nSPS) is 12.2. The second-order valence-electron chi connectivity index (χ2n) is 16.4. The number of pyridine rings is 4. The number of alkyl carbamates (subject to hydrolysis) is 2. The van der Waals surface area contributed by atoms with Gasteiger partial charge in [0.15, 0.2) is 0 Å². The van der Waals surface area contributed by atoms with Crippen LogP contribution >= 0.6 is 0 Å². The lowest BCUT2D eigenvalue weighted by Crippen LogP contribution is -2.41. The van der Waals surface area contributed by atoms with Crippen molar-refractivity contribution in [3.8, 4) is 22.5 Å². The number of amides is 4. The first-order valence-electron chi connectivity index (χ1n) is 19.9. The first-order chi connectivity index (χ1) is 30.0. The van der Waals surface area contributed by atoms with Gasteiger partial charge < -0.3 is 25.2 Å². The molecule has 6 rings (SSSR count). The Morgan fingerprint density at radius 2 is 1.05 bits per heavy atom. The van der Waals surface area contributed by atoms with Gasteiger partial charge in [-0.2, -0.15) is 0 Å². The van der Waals surface area contributed by atoms with Gasteiger partial charge in [0.05, 0.1) is 57.0 Å². The monoisotopic (exact) mass is 878 g/mol. The molecule has 16 nitrogen and oxygen atoms in total. The van der Waals surface area contributed by atoms with Gasteiger partial charge in [0.25, 0.3) is 5.91 Å². The van der Waals surface area contributed by atoms with Crippen LogP contribution in [0.1, 0.15) is 107 Å². The number of nitrogens with zero attached hydrogens (tertiary/aromatic N) is 4. The molecule has 0 saturated carbocycles. The molecule has 0 spiro atoms. The van der Waals surface area contributed by atoms with Crippen LogP contribution in [0.4, 0.5) is 18.4 Å². The lowest BCUT2D eigenvalue weighted by molar-refractivity contribution is -0.119. The first kappa shape index (κ1) is 47.4. The standard InChI is InChI=1S/C24H26FN5O4.C22H22FN3O4/c1-13(27-23(33)34-24(3,4)5)21-20(18-8-6-7-11-26-18)19(22(32)30-29-14(2)31)16-12-15(25)9-10-17(16)28-21;1-12(25-21(29)30-22(2,3)4)19-18(16-7-5-6-10-24-16)17(20(27)28)14-11-13(23)8-9-15(14)26-19/h6-13H,1-5H3,(H,27,33)(H,29,31)(H,30,32);5-12H,1-4H3,(H,25,29)(H,27,28). The summed E-state index contributed by atoms with van der Waals surface area (Å²) in [6.45, 7) is 15.0. The van der Waals surface area contributed by atoms with Gasteiger partial charge in [-0.15, -0.1) is 0 Å². The number of aromatic nitrogens is 4. The molecule has 0 bridgehead atoms. The number of hydrogen-bond acceptors (Lipinski definition) is 11. The zero-order valence-corrected chi connectivity index (χ0v) is 36.6. The van der Waals surface area contributed by atoms with Crippen LogP contribution in [0.5, 0.6) is 0 Å². The molecule has 0 aliphatic heterocycles. The molecule has 18 heteroatoms. The van der Waals surface area contributed by atoms with E-state index in [1.54, 1.807) is 91.8 Å². The highest BCUT2D eigenvalue weighted by Crippen LogP contribution is 2.36. The number of carbonyl (C=O) groups excluding carboxylic acids is 4. The molecule has 6 aromatic rings. The predicted octanol–water partition coefficient (Wildman–Crippen LogP) is 8.52. The summed E-state index contributed by atoms with van der Waals surface area (Å²) in [5.74, 6) is -3.58. The average Bonchev–Trinajstić information content (AvgIpc) is 3.20. The second-order valence-corrected chi connectivity index (χ2v) is 16.4. The van der Waals surface area contributed by atoms with E-state index in [2.05, 4.69) is 41.4 Å². The zero-order valence-electron chi connectivity index (χ0n) is 36.6. The molecule has 0 radical (unpaired) electrons. The van der Waals surface area contributed by atoms with Crippen molar-refractivity contribution in [1.29, 1.82) is 0 Å². The summed E-state index contributed by atoms with van der Waals surface area (Å²) in [5, 5.41) is 15.8. The van der Waals surface area contributed by atoms with Gasteiger partial charge in [-0.25, -0.2) is 33.1 Å². The van der Waals surface area contributed by atoms with Gasteiger partial charge in [0, 0.05) is 41.2 Å². The third-order valence-electron chi connectivity index (χ3n) is 8.87. The molecule has 0 aliphatic rings. The number of carboxylic acids is 1. The zero-order chi connectivity index (χ0) is 47.1. The molecule has 4 heterocycles. The highest BCUT2D eigenvalue weighted by molar-refractivity contribution is 6.12. The quantitative estimate of drug-likeness (QED) is 0.0908. The summed E-state index contributed by atoms with van der Waals surface area (Å²) in [7, 11) is 0. The lowest BCUT2D eigenvalue weighted by atomic mass is 9.94. The Hall–Kier alpha value is -7.63. The van der Waals surface area contributed by atoms with Crippen LogP contribution in [0.25, 0.3) is 44.3 Å². The van der Waals surface area contributed by atoms with Crippen LogP contribution in [0, 0.1) is 11.6 Å². The van der Waals surface area contributed by atoms with E-state index in [-0.39, 0.29) is 38.7 Å². The van der Waals surface area contributed by atoms with E-state index in [1.807, 2.05) is 0 Å². The van der Waals surface area contributed by atoms with E-state index in [1.165, 1.54) is 49.6 Å². The van der Waals surface area contributed by atoms with Crippen molar-refractivity contribution in [3.05, 3.63) is 119 Å². The average molecular weight is 879 g/mol. The van der Waals surface area contributed by atoms with Gasteiger partial charge >= 0.3 is 18.2 Å². The van der Waals surface area contributed by atoms with E-state index in [0.29, 0.717) is 28.1 Å². The first-order valence-corrected chi connectivity index (χ1v) is 19.9. The molecule has 334 valence electrons. The topological polar surface area (TPSA) is 224 Å². The van der Waals surface area contributed by atoms with E-state index in [9.17, 15) is 37.9 Å². The maximum atomic E-state index is 14.2. The summed E-state index contributed by atoms with van der Waals surface area (Å²) in [6.07, 6.45) is 1.72. The number of carbonyl (C=O) groups is 5. The highest BCUT2D eigenvalue weighted by atomic mass is 19.1. The Morgan fingerprint density at radius 3 is 1.42 bits per heavy atom. The Balaban J connectivity index is 0.000000243. The third kappa shape index (κ3) is 12.0. The number of ether oxygens (including phenoxy) is 2. The molecule has 0 fully saturated rings. The Kier molecular flexibility index (Phi) is 14.5. The van der Waals surface area contributed by atoms with Crippen LogP contribution in [-0.4, -0.2) is 66.2 Å². The van der Waals surface area contributed by atoms with E-state index in [4.69, 9.17) is 9.47 Å².